The highest BCUT2D eigenvalue weighted by atomic mass is 16.4. The van der Waals surface area contributed by atoms with Gasteiger partial charge >= 0.3 is 11.9 Å². The number of hydrogen-bond donors (Lipinski definition) is 3. The Morgan fingerprint density at radius 3 is 2.04 bits per heavy atom. The molecule has 1 aliphatic heterocycles. The van der Waals surface area contributed by atoms with Gasteiger partial charge < -0.3 is 20.4 Å². The molecular weight excluding hydrogens is 308 g/mol. The maximum Gasteiger partial charge on any atom is 0.328 e. The number of carboxylic acids is 2. The first-order valence-corrected chi connectivity index (χ1v) is 7.74. The van der Waals surface area contributed by atoms with Crippen molar-refractivity contribution in [2.45, 2.75) is 19.3 Å². The van der Waals surface area contributed by atoms with E-state index in [0.717, 1.165) is 6.54 Å². The monoisotopic (exact) mass is 332 g/mol. The molecule has 1 aliphatic rings. The van der Waals surface area contributed by atoms with Gasteiger partial charge in [0.1, 0.15) is 0 Å². The normalized spacial score (nSPS) is 15.3. The lowest BCUT2D eigenvalue weighted by atomic mass is 10.1. The molecule has 0 aliphatic carbocycles. The number of rotatable bonds is 4. The lowest BCUT2D eigenvalue weighted by Gasteiger charge is -2.17. The maximum absolute atomic E-state index is 9.55. The second kappa shape index (κ2) is 10.1. The minimum absolute atomic E-state index is 0.558. The average molecular weight is 332 g/mol. The fourth-order valence-corrected chi connectivity index (χ4v) is 2.11. The van der Waals surface area contributed by atoms with Crippen LogP contribution in [0.4, 0.5) is 5.69 Å². The van der Waals surface area contributed by atoms with E-state index in [1.807, 2.05) is 0 Å². The van der Waals surface area contributed by atoms with E-state index in [-0.39, 0.29) is 0 Å². The quantitative estimate of drug-likeness (QED) is 0.734. The molecule has 0 radical (unpaired) electrons. The predicted molar refractivity (Wildman–Crippen MR) is 95.0 cm³/mol. The van der Waals surface area contributed by atoms with Crippen molar-refractivity contribution < 1.29 is 19.8 Å². The summed E-state index contributed by atoms with van der Waals surface area (Å²) in [7, 11) is 4.13. The van der Waals surface area contributed by atoms with Crippen molar-refractivity contribution in [1.29, 1.82) is 0 Å². The molecule has 2 rings (SSSR count). The molecule has 6 nitrogen and oxygen atoms in total. The number of carboxylic acid groups (broad SMARTS) is 2. The Bertz CT molecular complexity index is 580. The molecule has 0 aromatic heterocycles. The maximum atomic E-state index is 9.55. The van der Waals surface area contributed by atoms with Gasteiger partial charge in [-0.1, -0.05) is 12.1 Å². The van der Waals surface area contributed by atoms with Crippen LogP contribution in [0, 0.1) is 0 Å². The number of nitrogens with one attached hydrogen (secondary N) is 1. The van der Waals surface area contributed by atoms with Crippen LogP contribution in [0.5, 0.6) is 0 Å². The first-order valence-electron chi connectivity index (χ1n) is 7.74. The molecule has 0 atom stereocenters. The summed E-state index contributed by atoms with van der Waals surface area (Å²) in [6.45, 7) is 1.13. The third kappa shape index (κ3) is 8.03. The van der Waals surface area contributed by atoms with Gasteiger partial charge in [0.2, 0.25) is 0 Å². The summed E-state index contributed by atoms with van der Waals surface area (Å²) in [6.07, 6.45) is 7.18. The predicted octanol–water partition coefficient (Wildman–Crippen LogP) is 2.58. The summed E-state index contributed by atoms with van der Waals surface area (Å²) in [4.78, 5) is 21.2. The summed E-state index contributed by atoms with van der Waals surface area (Å²) in [5.41, 5.74) is 3.91. The number of nitrogens with zero attached hydrogens (tertiary/aromatic N) is 1. The Balaban J connectivity index is 0.000000307. The third-order valence-electron chi connectivity index (χ3n) is 3.34. The Labute approximate surface area is 142 Å². The highest BCUT2D eigenvalue weighted by Crippen LogP contribution is 2.17. The highest BCUT2D eigenvalue weighted by molar-refractivity contribution is 5.89. The van der Waals surface area contributed by atoms with E-state index < -0.39 is 11.9 Å². The standard InChI is InChI=1S/C14H20N2.C4H4O4/c1-16(2)14-8-6-12(7-9-14)11-13-5-3-4-10-15-13;5-3(6)1-2-4(7)8/h6-9,11,15H,3-5,10H2,1-2H3;1-2H,(H,5,6)(H,7,8). The minimum atomic E-state index is -1.26. The molecule has 0 bridgehead atoms. The summed E-state index contributed by atoms with van der Waals surface area (Å²) >= 11 is 0. The number of piperidine rings is 1. The van der Waals surface area contributed by atoms with Crippen LogP contribution >= 0.6 is 0 Å². The zero-order valence-electron chi connectivity index (χ0n) is 14.0. The number of aliphatic carboxylic acids is 2. The molecule has 24 heavy (non-hydrogen) atoms. The van der Waals surface area contributed by atoms with Crippen molar-refractivity contribution in [2.24, 2.45) is 0 Å². The van der Waals surface area contributed by atoms with Gasteiger partial charge in [0.25, 0.3) is 0 Å². The van der Waals surface area contributed by atoms with Crippen molar-refractivity contribution in [1.82, 2.24) is 5.32 Å². The largest absolute Gasteiger partial charge is 0.478 e. The van der Waals surface area contributed by atoms with E-state index in [4.69, 9.17) is 10.2 Å². The van der Waals surface area contributed by atoms with Gasteiger partial charge in [-0.05, 0) is 43.0 Å². The fraction of sp³-hybridized carbons (Fsp3) is 0.333. The van der Waals surface area contributed by atoms with Gasteiger partial charge in [-0.15, -0.1) is 0 Å². The first kappa shape index (κ1) is 19.3. The summed E-state index contributed by atoms with van der Waals surface area (Å²) in [6, 6.07) is 8.68. The number of carbonyl (C=O) groups is 2. The number of allylic oxidation sites excluding steroid dienone is 1. The molecule has 3 N–H and O–H groups in total. The van der Waals surface area contributed by atoms with Crippen LogP contribution in [0.3, 0.4) is 0 Å². The van der Waals surface area contributed by atoms with E-state index in [9.17, 15) is 9.59 Å². The lowest BCUT2D eigenvalue weighted by Crippen LogP contribution is -2.19. The van der Waals surface area contributed by atoms with Crippen LogP contribution in [0.1, 0.15) is 24.8 Å². The minimum Gasteiger partial charge on any atom is -0.478 e. The average Bonchev–Trinajstić information content (AvgIpc) is 2.55. The lowest BCUT2D eigenvalue weighted by molar-refractivity contribution is -0.134. The molecule has 0 unspecified atom stereocenters. The van der Waals surface area contributed by atoms with Gasteiger partial charge in [-0.3, -0.25) is 0 Å². The van der Waals surface area contributed by atoms with Crippen molar-refractivity contribution in [3.05, 3.63) is 47.7 Å². The van der Waals surface area contributed by atoms with E-state index in [0.29, 0.717) is 12.2 Å². The van der Waals surface area contributed by atoms with E-state index in [1.54, 1.807) is 0 Å². The summed E-state index contributed by atoms with van der Waals surface area (Å²) in [5.74, 6) is -2.51. The van der Waals surface area contributed by atoms with Crippen LogP contribution in [-0.4, -0.2) is 42.8 Å². The molecule has 1 heterocycles. The van der Waals surface area contributed by atoms with Gasteiger partial charge in [0.15, 0.2) is 0 Å². The van der Waals surface area contributed by atoms with Gasteiger partial charge in [-0.25, -0.2) is 9.59 Å². The van der Waals surface area contributed by atoms with E-state index in [2.05, 4.69) is 54.7 Å². The van der Waals surface area contributed by atoms with Gasteiger partial charge in [0.05, 0.1) is 0 Å². The van der Waals surface area contributed by atoms with Crippen LogP contribution in [0.2, 0.25) is 0 Å². The summed E-state index contributed by atoms with van der Waals surface area (Å²) < 4.78 is 0. The van der Waals surface area contributed by atoms with Crippen LogP contribution in [0.25, 0.3) is 6.08 Å². The zero-order valence-corrected chi connectivity index (χ0v) is 14.0. The van der Waals surface area contributed by atoms with Crippen molar-refractivity contribution in [3.8, 4) is 0 Å². The fourth-order valence-electron chi connectivity index (χ4n) is 2.11. The van der Waals surface area contributed by atoms with Crippen molar-refractivity contribution >= 4 is 23.7 Å². The first-order chi connectivity index (χ1) is 11.4. The zero-order chi connectivity index (χ0) is 17.9. The molecule has 1 aromatic carbocycles. The molecule has 1 fully saturated rings. The smallest absolute Gasteiger partial charge is 0.328 e. The van der Waals surface area contributed by atoms with Gasteiger partial charge in [0, 0.05) is 44.2 Å². The second-order valence-electron chi connectivity index (χ2n) is 5.55. The van der Waals surface area contributed by atoms with Gasteiger partial charge in [-0.2, -0.15) is 0 Å². The van der Waals surface area contributed by atoms with Crippen LogP contribution in [0.15, 0.2) is 42.1 Å². The molecule has 0 amide bonds. The Hall–Kier alpha value is -2.76. The Kier molecular flexibility index (Phi) is 8.11. The number of benzene rings is 1. The van der Waals surface area contributed by atoms with Crippen LogP contribution in [-0.2, 0) is 9.59 Å². The topological polar surface area (TPSA) is 89.9 Å². The highest BCUT2D eigenvalue weighted by Gasteiger charge is 2.03. The second-order valence-corrected chi connectivity index (χ2v) is 5.55. The SMILES string of the molecule is CN(C)c1ccc(C=C2CCCCN2)cc1.O=C(O)C=CC(=O)O. The van der Waals surface area contributed by atoms with Crippen LogP contribution < -0.4 is 10.2 Å². The van der Waals surface area contributed by atoms with E-state index >= 15 is 0 Å². The summed E-state index contributed by atoms with van der Waals surface area (Å²) in [5, 5.41) is 19.1. The molecule has 0 saturated carbocycles. The molecule has 6 heteroatoms. The Morgan fingerprint density at radius 1 is 1.04 bits per heavy atom. The third-order valence-corrected chi connectivity index (χ3v) is 3.34. The molecule has 0 spiro atoms. The van der Waals surface area contributed by atoms with Crippen molar-refractivity contribution in [3.63, 3.8) is 0 Å². The molecule has 1 aromatic rings. The Morgan fingerprint density at radius 2 is 1.62 bits per heavy atom. The molecule has 1 saturated heterocycles. The van der Waals surface area contributed by atoms with E-state index in [1.165, 1.54) is 36.2 Å². The number of anilines is 1. The molecular formula is C18H24N2O4. The van der Waals surface area contributed by atoms with Crippen molar-refractivity contribution in [2.75, 3.05) is 25.5 Å². The molecule has 130 valence electrons. The number of hydrogen-bond acceptors (Lipinski definition) is 4.